The van der Waals surface area contributed by atoms with Crippen molar-refractivity contribution in [2.75, 3.05) is 49.2 Å². The molecule has 2 aromatic carbocycles. The Morgan fingerprint density at radius 1 is 1.20 bits per heavy atom. The van der Waals surface area contributed by atoms with E-state index in [0.29, 0.717) is 17.8 Å². The van der Waals surface area contributed by atoms with Gasteiger partial charge in [-0.2, -0.15) is 0 Å². The molecular weight excluding hydrogens is 428 g/mol. The SMILES string of the molecule is COc1ccccc1N1CCNC(CNC(=O)c2ccc(NS(C)(=O)=O)cc2)C1.Cl. The van der Waals surface area contributed by atoms with Gasteiger partial charge in [0.2, 0.25) is 10.0 Å². The molecule has 1 fully saturated rings. The molecule has 164 valence electrons. The van der Waals surface area contributed by atoms with E-state index in [-0.39, 0.29) is 24.4 Å². The molecule has 0 aliphatic carbocycles. The van der Waals surface area contributed by atoms with Gasteiger partial charge < -0.3 is 20.3 Å². The van der Waals surface area contributed by atoms with Gasteiger partial charge in [-0.1, -0.05) is 12.1 Å². The highest BCUT2D eigenvalue weighted by molar-refractivity contribution is 7.92. The maximum atomic E-state index is 12.4. The van der Waals surface area contributed by atoms with Crippen LogP contribution in [0.2, 0.25) is 0 Å². The molecule has 1 saturated heterocycles. The Bertz CT molecular complexity index is 954. The molecule has 1 unspecified atom stereocenters. The average Bonchev–Trinajstić information content (AvgIpc) is 2.71. The number of amides is 1. The lowest BCUT2D eigenvalue weighted by molar-refractivity contribution is 0.0949. The number of halogens is 1. The van der Waals surface area contributed by atoms with E-state index < -0.39 is 10.0 Å². The molecule has 3 N–H and O–H groups in total. The maximum Gasteiger partial charge on any atom is 0.251 e. The van der Waals surface area contributed by atoms with Crippen LogP contribution < -0.4 is 25.0 Å². The molecule has 0 spiro atoms. The first-order valence-corrected chi connectivity index (χ1v) is 11.2. The van der Waals surface area contributed by atoms with E-state index in [4.69, 9.17) is 4.74 Å². The van der Waals surface area contributed by atoms with Crippen molar-refractivity contribution in [3.63, 3.8) is 0 Å². The molecular formula is C20H27ClN4O4S. The van der Waals surface area contributed by atoms with Crippen molar-refractivity contribution >= 4 is 39.7 Å². The summed E-state index contributed by atoms with van der Waals surface area (Å²) in [5.74, 6) is 0.632. The molecule has 1 atom stereocenters. The topological polar surface area (TPSA) is 99.8 Å². The number of anilines is 2. The molecule has 0 saturated carbocycles. The number of methoxy groups -OCH3 is 1. The average molecular weight is 455 g/mol. The van der Waals surface area contributed by atoms with Crippen LogP contribution in [0.15, 0.2) is 48.5 Å². The third-order valence-electron chi connectivity index (χ3n) is 4.64. The number of para-hydroxylation sites is 2. The number of sulfonamides is 1. The molecule has 8 nitrogen and oxygen atoms in total. The molecule has 2 aromatic rings. The van der Waals surface area contributed by atoms with Gasteiger partial charge >= 0.3 is 0 Å². The summed E-state index contributed by atoms with van der Waals surface area (Å²) in [6.07, 6.45) is 1.08. The van der Waals surface area contributed by atoms with Crippen LogP contribution in [0.1, 0.15) is 10.4 Å². The number of hydrogen-bond donors (Lipinski definition) is 3. The number of carbonyl (C=O) groups is 1. The van der Waals surface area contributed by atoms with Gasteiger partial charge in [0.05, 0.1) is 19.1 Å². The Morgan fingerprint density at radius 2 is 1.90 bits per heavy atom. The van der Waals surface area contributed by atoms with E-state index in [1.54, 1.807) is 31.4 Å². The number of benzene rings is 2. The normalized spacial score (nSPS) is 16.3. The van der Waals surface area contributed by atoms with Crippen molar-refractivity contribution in [1.29, 1.82) is 0 Å². The van der Waals surface area contributed by atoms with Crippen LogP contribution in [-0.4, -0.2) is 59.9 Å². The molecule has 3 rings (SSSR count). The van der Waals surface area contributed by atoms with Gasteiger partial charge in [0, 0.05) is 43.5 Å². The summed E-state index contributed by atoms with van der Waals surface area (Å²) >= 11 is 0. The van der Waals surface area contributed by atoms with E-state index in [9.17, 15) is 13.2 Å². The highest BCUT2D eigenvalue weighted by Gasteiger charge is 2.22. The van der Waals surface area contributed by atoms with Crippen molar-refractivity contribution < 1.29 is 17.9 Å². The summed E-state index contributed by atoms with van der Waals surface area (Å²) in [7, 11) is -1.68. The Labute approximate surface area is 183 Å². The molecule has 0 bridgehead atoms. The van der Waals surface area contributed by atoms with Gasteiger partial charge in [-0.3, -0.25) is 9.52 Å². The van der Waals surface area contributed by atoms with Crippen molar-refractivity contribution in [3.05, 3.63) is 54.1 Å². The van der Waals surface area contributed by atoms with Crippen molar-refractivity contribution in [2.45, 2.75) is 6.04 Å². The van der Waals surface area contributed by atoms with Gasteiger partial charge in [0.1, 0.15) is 5.75 Å². The van der Waals surface area contributed by atoms with Crippen LogP contribution in [-0.2, 0) is 10.0 Å². The first-order chi connectivity index (χ1) is 13.9. The molecule has 1 aliphatic rings. The predicted octanol–water partition coefficient (Wildman–Crippen LogP) is 1.70. The zero-order chi connectivity index (χ0) is 20.9. The van der Waals surface area contributed by atoms with Crippen LogP contribution in [0.5, 0.6) is 5.75 Å². The summed E-state index contributed by atoms with van der Waals surface area (Å²) < 4.78 is 30.3. The van der Waals surface area contributed by atoms with E-state index in [1.165, 1.54) is 0 Å². The number of nitrogens with one attached hydrogen (secondary N) is 3. The lowest BCUT2D eigenvalue weighted by Crippen LogP contribution is -2.55. The Morgan fingerprint density at radius 3 is 2.57 bits per heavy atom. The number of piperazine rings is 1. The van der Waals surface area contributed by atoms with Crippen LogP contribution in [0.4, 0.5) is 11.4 Å². The largest absolute Gasteiger partial charge is 0.495 e. The van der Waals surface area contributed by atoms with Gasteiger partial charge in [0.15, 0.2) is 0 Å². The van der Waals surface area contributed by atoms with Crippen LogP contribution >= 0.6 is 12.4 Å². The monoisotopic (exact) mass is 454 g/mol. The van der Waals surface area contributed by atoms with Crippen LogP contribution in [0.25, 0.3) is 0 Å². The van der Waals surface area contributed by atoms with Crippen LogP contribution in [0.3, 0.4) is 0 Å². The van der Waals surface area contributed by atoms with E-state index >= 15 is 0 Å². The second-order valence-electron chi connectivity index (χ2n) is 6.93. The smallest absolute Gasteiger partial charge is 0.251 e. The highest BCUT2D eigenvalue weighted by atomic mass is 35.5. The summed E-state index contributed by atoms with van der Waals surface area (Å²) in [4.78, 5) is 14.7. The molecule has 10 heteroatoms. The second-order valence-corrected chi connectivity index (χ2v) is 8.68. The standard InChI is InChI=1S/C20H26N4O4S.ClH/c1-28-19-6-4-3-5-18(19)24-12-11-21-17(14-24)13-22-20(25)15-7-9-16(10-8-15)23-29(2,26)27;/h3-10,17,21,23H,11-14H2,1-2H3,(H,22,25);1H. The summed E-state index contributed by atoms with van der Waals surface area (Å²) in [5.41, 5.74) is 1.94. The minimum atomic E-state index is -3.34. The first kappa shape index (κ1) is 23.8. The Hall–Kier alpha value is -2.49. The maximum absolute atomic E-state index is 12.4. The zero-order valence-corrected chi connectivity index (χ0v) is 18.6. The minimum Gasteiger partial charge on any atom is -0.495 e. The quantitative estimate of drug-likeness (QED) is 0.588. The number of nitrogens with zero attached hydrogens (tertiary/aromatic N) is 1. The zero-order valence-electron chi connectivity index (χ0n) is 16.9. The lowest BCUT2D eigenvalue weighted by Gasteiger charge is -2.36. The van der Waals surface area contributed by atoms with E-state index in [0.717, 1.165) is 37.3 Å². The van der Waals surface area contributed by atoms with Crippen molar-refractivity contribution in [3.8, 4) is 5.75 Å². The second kappa shape index (κ2) is 10.5. The van der Waals surface area contributed by atoms with E-state index in [2.05, 4.69) is 20.3 Å². The third-order valence-corrected chi connectivity index (χ3v) is 5.25. The first-order valence-electron chi connectivity index (χ1n) is 9.33. The molecule has 0 radical (unpaired) electrons. The van der Waals surface area contributed by atoms with Gasteiger partial charge in [-0.25, -0.2) is 8.42 Å². The molecule has 1 heterocycles. The molecule has 1 aliphatic heterocycles. The van der Waals surface area contributed by atoms with Crippen LogP contribution in [0, 0.1) is 0 Å². The van der Waals surface area contributed by atoms with E-state index in [1.807, 2.05) is 24.3 Å². The summed E-state index contributed by atoms with van der Waals surface area (Å²) in [6, 6.07) is 14.3. The minimum absolute atomic E-state index is 0. The Kier molecular flexibility index (Phi) is 8.33. The Balaban J connectivity index is 0.00000320. The fourth-order valence-electron chi connectivity index (χ4n) is 3.29. The molecule has 30 heavy (non-hydrogen) atoms. The summed E-state index contributed by atoms with van der Waals surface area (Å²) in [5, 5.41) is 6.36. The van der Waals surface area contributed by atoms with Gasteiger partial charge in [-0.05, 0) is 36.4 Å². The fraction of sp³-hybridized carbons (Fsp3) is 0.350. The molecule has 0 aromatic heterocycles. The van der Waals surface area contributed by atoms with Gasteiger partial charge in [-0.15, -0.1) is 12.4 Å². The third kappa shape index (κ3) is 6.51. The number of ether oxygens (including phenoxy) is 1. The highest BCUT2D eigenvalue weighted by Crippen LogP contribution is 2.28. The predicted molar refractivity (Wildman–Crippen MR) is 121 cm³/mol. The number of rotatable bonds is 7. The van der Waals surface area contributed by atoms with Gasteiger partial charge in [0.25, 0.3) is 5.91 Å². The van der Waals surface area contributed by atoms with Crippen molar-refractivity contribution in [2.24, 2.45) is 0 Å². The number of hydrogen-bond acceptors (Lipinski definition) is 6. The van der Waals surface area contributed by atoms with Crippen molar-refractivity contribution in [1.82, 2.24) is 10.6 Å². The lowest BCUT2D eigenvalue weighted by atomic mass is 10.1. The fourth-order valence-corrected chi connectivity index (χ4v) is 3.86. The summed E-state index contributed by atoms with van der Waals surface area (Å²) in [6.45, 7) is 2.90. The molecule has 1 amide bonds. The number of carbonyl (C=O) groups excluding carboxylic acids is 1.